The van der Waals surface area contributed by atoms with Crippen LogP contribution in [-0.4, -0.2) is 27.2 Å². The molecule has 0 saturated carbocycles. The third-order valence-corrected chi connectivity index (χ3v) is 3.35. The lowest BCUT2D eigenvalue weighted by Gasteiger charge is -2.16. The summed E-state index contributed by atoms with van der Waals surface area (Å²) < 4.78 is 7.54. The van der Waals surface area contributed by atoms with E-state index >= 15 is 0 Å². The molecule has 1 aromatic heterocycles. The molecule has 1 aliphatic heterocycles. The molecule has 1 aliphatic rings. The van der Waals surface area contributed by atoms with Gasteiger partial charge in [-0.2, -0.15) is 0 Å². The van der Waals surface area contributed by atoms with Crippen molar-refractivity contribution < 1.29 is 4.74 Å². The number of nitrogens with zero attached hydrogens (tertiary/aromatic N) is 3. The van der Waals surface area contributed by atoms with Gasteiger partial charge in [-0.25, -0.2) is 4.68 Å². The molecule has 0 amide bonds. The highest BCUT2D eigenvalue weighted by molar-refractivity contribution is 7.99. The first-order valence-corrected chi connectivity index (χ1v) is 6.41. The molecule has 0 saturated heterocycles. The number of hydrogen-bond acceptors (Lipinski definition) is 5. The van der Waals surface area contributed by atoms with Crippen LogP contribution in [0.15, 0.2) is 35.5 Å². The standard InChI is InChI=1S/C11H12N4OS/c1-2-4-9(5-3-1)16-8-10-13-14-11-15(10)12-6-7-17-11/h1-5,12H,6-8H2. The maximum atomic E-state index is 5.64. The highest BCUT2D eigenvalue weighted by Gasteiger charge is 2.16. The topological polar surface area (TPSA) is 52.0 Å². The van der Waals surface area contributed by atoms with E-state index in [1.807, 2.05) is 35.0 Å². The normalized spacial score (nSPS) is 13.9. The van der Waals surface area contributed by atoms with E-state index in [4.69, 9.17) is 4.74 Å². The first kappa shape index (κ1) is 10.5. The maximum absolute atomic E-state index is 5.64. The molecule has 0 fully saturated rings. The van der Waals surface area contributed by atoms with E-state index in [0.717, 1.165) is 29.0 Å². The second-order valence-corrected chi connectivity index (χ2v) is 4.65. The molecule has 2 aromatic rings. The van der Waals surface area contributed by atoms with Crippen LogP contribution in [0.4, 0.5) is 0 Å². The number of benzene rings is 1. The van der Waals surface area contributed by atoms with Crippen LogP contribution in [0, 0.1) is 0 Å². The van der Waals surface area contributed by atoms with Gasteiger partial charge >= 0.3 is 0 Å². The number of para-hydroxylation sites is 1. The zero-order valence-electron chi connectivity index (χ0n) is 9.17. The third-order valence-electron chi connectivity index (χ3n) is 2.41. The monoisotopic (exact) mass is 248 g/mol. The van der Waals surface area contributed by atoms with Gasteiger partial charge in [-0.3, -0.25) is 0 Å². The minimum absolute atomic E-state index is 0.421. The SMILES string of the molecule is c1ccc(OCc2nnc3n2NCCS3)cc1. The third kappa shape index (κ3) is 2.21. The summed E-state index contributed by atoms with van der Waals surface area (Å²) in [7, 11) is 0. The van der Waals surface area contributed by atoms with Crippen LogP contribution in [0.25, 0.3) is 0 Å². The van der Waals surface area contributed by atoms with Crippen molar-refractivity contribution in [3.8, 4) is 5.75 Å². The van der Waals surface area contributed by atoms with E-state index < -0.39 is 0 Å². The molecule has 88 valence electrons. The van der Waals surface area contributed by atoms with E-state index in [-0.39, 0.29) is 0 Å². The van der Waals surface area contributed by atoms with Gasteiger partial charge in [-0.05, 0) is 12.1 Å². The fourth-order valence-corrected chi connectivity index (χ4v) is 2.38. The van der Waals surface area contributed by atoms with Crippen molar-refractivity contribution in [2.45, 2.75) is 11.8 Å². The fraction of sp³-hybridized carbons (Fsp3) is 0.273. The summed E-state index contributed by atoms with van der Waals surface area (Å²) in [5, 5.41) is 9.13. The Morgan fingerprint density at radius 2 is 2.18 bits per heavy atom. The molecule has 17 heavy (non-hydrogen) atoms. The molecular formula is C11H12N4OS. The summed E-state index contributed by atoms with van der Waals surface area (Å²) in [6.45, 7) is 1.35. The molecule has 1 aromatic carbocycles. The van der Waals surface area contributed by atoms with Crippen molar-refractivity contribution in [1.29, 1.82) is 0 Å². The van der Waals surface area contributed by atoms with Crippen molar-refractivity contribution >= 4 is 11.8 Å². The number of aromatic nitrogens is 3. The van der Waals surface area contributed by atoms with Gasteiger partial charge in [0.25, 0.3) is 0 Å². The Balaban J connectivity index is 1.71. The molecule has 0 atom stereocenters. The number of hydrogen-bond donors (Lipinski definition) is 1. The maximum Gasteiger partial charge on any atom is 0.210 e. The van der Waals surface area contributed by atoms with Gasteiger partial charge in [0.15, 0.2) is 5.82 Å². The Kier molecular flexibility index (Phi) is 2.87. The summed E-state index contributed by atoms with van der Waals surface area (Å²) in [4.78, 5) is 0. The number of fused-ring (bicyclic) bond motifs is 1. The van der Waals surface area contributed by atoms with Crippen LogP contribution in [0.2, 0.25) is 0 Å². The Labute approximate surface area is 103 Å². The molecule has 6 heteroatoms. The molecule has 3 rings (SSSR count). The summed E-state index contributed by atoms with van der Waals surface area (Å²) >= 11 is 1.70. The number of ether oxygens (including phenoxy) is 1. The second-order valence-electron chi connectivity index (χ2n) is 3.59. The van der Waals surface area contributed by atoms with Crippen molar-refractivity contribution in [3.05, 3.63) is 36.2 Å². The van der Waals surface area contributed by atoms with E-state index in [2.05, 4.69) is 15.6 Å². The van der Waals surface area contributed by atoms with Crippen molar-refractivity contribution in [2.75, 3.05) is 17.7 Å². The molecule has 5 nitrogen and oxygen atoms in total. The minimum Gasteiger partial charge on any atom is -0.486 e. The van der Waals surface area contributed by atoms with Crippen molar-refractivity contribution in [2.24, 2.45) is 0 Å². The fourth-order valence-electron chi connectivity index (χ4n) is 1.61. The molecule has 1 N–H and O–H groups in total. The van der Waals surface area contributed by atoms with Crippen LogP contribution < -0.4 is 10.2 Å². The predicted octanol–water partition coefficient (Wildman–Crippen LogP) is 1.51. The van der Waals surface area contributed by atoms with Crippen LogP contribution in [0.1, 0.15) is 5.82 Å². The lowest BCUT2D eigenvalue weighted by molar-refractivity contribution is 0.290. The number of thioether (sulfide) groups is 1. The molecule has 0 radical (unpaired) electrons. The number of nitrogens with one attached hydrogen (secondary N) is 1. The summed E-state index contributed by atoms with van der Waals surface area (Å²) in [5.41, 5.74) is 3.24. The van der Waals surface area contributed by atoms with E-state index in [1.54, 1.807) is 11.8 Å². The van der Waals surface area contributed by atoms with Gasteiger partial charge in [0, 0.05) is 12.3 Å². The van der Waals surface area contributed by atoms with Crippen LogP contribution in [-0.2, 0) is 6.61 Å². The van der Waals surface area contributed by atoms with Crippen molar-refractivity contribution in [1.82, 2.24) is 14.9 Å². The van der Waals surface area contributed by atoms with Crippen LogP contribution in [0.5, 0.6) is 5.75 Å². The predicted molar refractivity (Wildman–Crippen MR) is 65.7 cm³/mol. The minimum atomic E-state index is 0.421. The van der Waals surface area contributed by atoms with Crippen LogP contribution in [0.3, 0.4) is 0 Å². The average Bonchev–Trinajstić information content (AvgIpc) is 2.81. The molecule has 0 unspecified atom stereocenters. The molecule has 2 heterocycles. The van der Waals surface area contributed by atoms with Gasteiger partial charge in [-0.1, -0.05) is 30.0 Å². The van der Waals surface area contributed by atoms with E-state index in [9.17, 15) is 0 Å². The average molecular weight is 248 g/mol. The molecular weight excluding hydrogens is 236 g/mol. The molecule has 0 aliphatic carbocycles. The van der Waals surface area contributed by atoms with Crippen molar-refractivity contribution in [3.63, 3.8) is 0 Å². The summed E-state index contributed by atoms with van der Waals surface area (Å²) in [6.07, 6.45) is 0. The zero-order valence-corrected chi connectivity index (χ0v) is 9.98. The lowest BCUT2D eigenvalue weighted by atomic mass is 10.3. The van der Waals surface area contributed by atoms with Gasteiger partial charge < -0.3 is 10.2 Å². The first-order chi connectivity index (χ1) is 8.43. The quantitative estimate of drug-likeness (QED) is 0.892. The Bertz CT molecular complexity index is 499. The second kappa shape index (κ2) is 4.67. The lowest BCUT2D eigenvalue weighted by Crippen LogP contribution is -2.25. The zero-order chi connectivity index (χ0) is 11.5. The van der Waals surface area contributed by atoms with E-state index in [1.165, 1.54) is 0 Å². The molecule has 0 spiro atoms. The first-order valence-electron chi connectivity index (χ1n) is 5.42. The van der Waals surface area contributed by atoms with Gasteiger partial charge in [0.05, 0.1) is 0 Å². The summed E-state index contributed by atoms with van der Waals surface area (Å²) in [5.74, 6) is 2.67. The van der Waals surface area contributed by atoms with Gasteiger partial charge in [0.2, 0.25) is 5.16 Å². The smallest absolute Gasteiger partial charge is 0.210 e. The molecule has 0 bridgehead atoms. The van der Waals surface area contributed by atoms with Crippen LogP contribution >= 0.6 is 11.8 Å². The van der Waals surface area contributed by atoms with Gasteiger partial charge in [-0.15, -0.1) is 10.2 Å². The largest absolute Gasteiger partial charge is 0.486 e. The van der Waals surface area contributed by atoms with E-state index in [0.29, 0.717) is 6.61 Å². The Morgan fingerprint density at radius 3 is 3.06 bits per heavy atom. The van der Waals surface area contributed by atoms with Gasteiger partial charge in [0.1, 0.15) is 12.4 Å². The Hall–Kier alpha value is -1.69. The number of rotatable bonds is 3. The highest BCUT2D eigenvalue weighted by Crippen LogP contribution is 2.19. The highest BCUT2D eigenvalue weighted by atomic mass is 32.2. The summed E-state index contributed by atoms with van der Waals surface area (Å²) in [6, 6.07) is 9.71. The Morgan fingerprint density at radius 1 is 1.29 bits per heavy atom.